The maximum atomic E-state index is 2.72. The molecule has 0 unspecified atom stereocenters. The van der Waals surface area contributed by atoms with Crippen LogP contribution in [0.4, 0.5) is 0 Å². The first kappa shape index (κ1) is 9.47. The molecule has 2 saturated heterocycles. The normalized spacial score (nSPS) is 34.2. The summed E-state index contributed by atoms with van der Waals surface area (Å²) in [6.07, 6.45) is 4.21. The fraction of sp³-hybridized carbons (Fsp3) is 1.00. The Morgan fingerprint density at radius 3 is 2.23 bits per heavy atom. The fourth-order valence-corrected chi connectivity index (χ4v) is 2.66. The van der Waals surface area contributed by atoms with Gasteiger partial charge in [-0.2, -0.15) is 0 Å². The lowest BCUT2D eigenvalue weighted by Crippen LogP contribution is -2.42. The van der Waals surface area contributed by atoms with Gasteiger partial charge in [-0.15, -0.1) is 0 Å². The van der Waals surface area contributed by atoms with Crippen LogP contribution in [0.1, 0.15) is 26.2 Å². The van der Waals surface area contributed by atoms with E-state index in [2.05, 4.69) is 23.8 Å². The van der Waals surface area contributed by atoms with Crippen molar-refractivity contribution in [2.45, 2.75) is 32.2 Å². The van der Waals surface area contributed by atoms with Gasteiger partial charge >= 0.3 is 0 Å². The molecule has 0 N–H and O–H groups in total. The van der Waals surface area contributed by atoms with Crippen molar-refractivity contribution < 1.29 is 0 Å². The van der Waals surface area contributed by atoms with Gasteiger partial charge in [-0.25, -0.2) is 0 Å². The van der Waals surface area contributed by atoms with E-state index in [1.807, 2.05) is 0 Å². The molecule has 0 bridgehead atoms. The monoisotopic (exact) mass is 182 g/mol. The summed E-state index contributed by atoms with van der Waals surface area (Å²) in [6, 6.07) is 0.904. The van der Waals surface area contributed by atoms with Crippen LogP contribution in [0.15, 0.2) is 0 Å². The minimum Gasteiger partial charge on any atom is -0.306 e. The molecule has 0 aromatic carbocycles. The highest BCUT2D eigenvalue weighted by molar-refractivity contribution is 4.83. The lowest BCUT2D eigenvalue weighted by molar-refractivity contribution is 0.140. The van der Waals surface area contributed by atoms with Crippen molar-refractivity contribution in [1.82, 2.24) is 9.80 Å². The minimum absolute atomic E-state index is 0.904. The second kappa shape index (κ2) is 3.97. The number of rotatable bonds is 1. The van der Waals surface area contributed by atoms with E-state index in [9.17, 15) is 0 Å². The fourth-order valence-electron chi connectivity index (χ4n) is 2.66. The van der Waals surface area contributed by atoms with E-state index < -0.39 is 0 Å². The second-order valence-corrected chi connectivity index (χ2v) is 4.92. The predicted octanol–water partition coefficient (Wildman–Crippen LogP) is 1.42. The molecule has 0 saturated carbocycles. The Morgan fingerprint density at radius 1 is 1.00 bits per heavy atom. The van der Waals surface area contributed by atoms with E-state index in [0.717, 1.165) is 12.0 Å². The zero-order valence-electron chi connectivity index (χ0n) is 9.00. The molecule has 2 aliphatic rings. The number of nitrogens with zero attached hydrogens (tertiary/aromatic N) is 2. The Kier molecular flexibility index (Phi) is 2.89. The van der Waals surface area contributed by atoms with Crippen molar-refractivity contribution in [3.8, 4) is 0 Å². The van der Waals surface area contributed by atoms with Crippen molar-refractivity contribution >= 4 is 0 Å². The summed E-state index contributed by atoms with van der Waals surface area (Å²) in [5.74, 6) is 0.944. The summed E-state index contributed by atoms with van der Waals surface area (Å²) >= 11 is 0. The van der Waals surface area contributed by atoms with E-state index in [-0.39, 0.29) is 0 Å². The molecule has 13 heavy (non-hydrogen) atoms. The lowest BCUT2D eigenvalue weighted by Gasteiger charge is -2.35. The largest absolute Gasteiger partial charge is 0.306 e. The summed E-state index contributed by atoms with van der Waals surface area (Å²) in [5.41, 5.74) is 0. The first-order valence-electron chi connectivity index (χ1n) is 5.68. The van der Waals surface area contributed by atoms with E-state index in [1.54, 1.807) is 0 Å². The van der Waals surface area contributed by atoms with Crippen molar-refractivity contribution in [2.24, 2.45) is 5.92 Å². The van der Waals surface area contributed by atoms with Gasteiger partial charge in [-0.3, -0.25) is 0 Å². The third kappa shape index (κ3) is 2.23. The van der Waals surface area contributed by atoms with E-state index in [1.165, 1.54) is 45.4 Å². The van der Waals surface area contributed by atoms with Gasteiger partial charge in [-0.05, 0) is 51.9 Å². The van der Waals surface area contributed by atoms with Gasteiger partial charge in [0.2, 0.25) is 0 Å². The van der Waals surface area contributed by atoms with Gasteiger partial charge in [0.1, 0.15) is 0 Å². The smallest absolute Gasteiger partial charge is 0.0120 e. The second-order valence-electron chi connectivity index (χ2n) is 4.92. The summed E-state index contributed by atoms with van der Waals surface area (Å²) < 4.78 is 0. The minimum atomic E-state index is 0.904. The van der Waals surface area contributed by atoms with E-state index >= 15 is 0 Å². The van der Waals surface area contributed by atoms with Crippen LogP contribution in [0, 0.1) is 5.92 Å². The molecule has 2 heteroatoms. The first-order valence-corrected chi connectivity index (χ1v) is 5.68. The summed E-state index contributed by atoms with van der Waals surface area (Å²) in [7, 11) is 2.24. The molecule has 0 aromatic heterocycles. The molecule has 1 atom stereocenters. The van der Waals surface area contributed by atoms with Crippen LogP contribution in [0.2, 0.25) is 0 Å². The SMILES string of the molecule is C[C@@H]1CCN(C2CCN(C)CC2)C1. The van der Waals surface area contributed by atoms with Crippen LogP contribution in [0.3, 0.4) is 0 Å². The van der Waals surface area contributed by atoms with Crippen LogP contribution >= 0.6 is 0 Å². The summed E-state index contributed by atoms with van der Waals surface area (Å²) in [5, 5.41) is 0. The Balaban J connectivity index is 1.81. The Bertz CT molecular complexity index is 161. The van der Waals surface area contributed by atoms with Crippen LogP contribution in [0.25, 0.3) is 0 Å². The quantitative estimate of drug-likeness (QED) is 0.605. The van der Waals surface area contributed by atoms with Gasteiger partial charge in [0.15, 0.2) is 0 Å². The number of hydrogen-bond acceptors (Lipinski definition) is 2. The van der Waals surface area contributed by atoms with Gasteiger partial charge in [0.05, 0.1) is 0 Å². The number of piperidine rings is 1. The highest BCUT2D eigenvalue weighted by Gasteiger charge is 2.27. The molecule has 2 aliphatic heterocycles. The third-order valence-corrected chi connectivity index (χ3v) is 3.66. The van der Waals surface area contributed by atoms with Crippen LogP contribution in [0.5, 0.6) is 0 Å². The van der Waals surface area contributed by atoms with Gasteiger partial charge in [-0.1, -0.05) is 6.92 Å². The third-order valence-electron chi connectivity index (χ3n) is 3.66. The molecule has 2 fully saturated rings. The van der Waals surface area contributed by atoms with Crippen molar-refractivity contribution in [1.29, 1.82) is 0 Å². The number of hydrogen-bond donors (Lipinski definition) is 0. The molecule has 2 rings (SSSR count). The first-order chi connectivity index (χ1) is 6.25. The lowest BCUT2D eigenvalue weighted by atomic mass is 10.0. The maximum Gasteiger partial charge on any atom is 0.0120 e. The average Bonchev–Trinajstić information content (AvgIpc) is 2.53. The highest BCUT2D eigenvalue weighted by atomic mass is 15.2. The molecule has 0 aromatic rings. The van der Waals surface area contributed by atoms with Crippen LogP contribution < -0.4 is 0 Å². The molecule has 2 heterocycles. The van der Waals surface area contributed by atoms with Crippen molar-refractivity contribution in [3.63, 3.8) is 0 Å². The zero-order chi connectivity index (χ0) is 9.26. The van der Waals surface area contributed by atoms with Crippen LogP contribution in [-0.4, -0.2) is 49.1 Å². The standard InChI is InChI=1S/C11H22N2/c1-10-3-8-13(9-10)11-4-6-12(2)7-5-11/h10-11H,3-9H2,1-2H3/t10-/m1/s1. The number of likely N-dealkylation sites (tertiary alicyclic amines) is 2. The molecular weight excluding hydrogens is 160 g/mol. The molecular formula is C11H22N2. The Morgan fingerprint density at radius 2 is 1.69 bits per heavy atom. The van der Waals surface area contributed by atoms with Crippen LogP contribution in [-0.2, 0) is 0 Å². The van der Waals surface area contributed by atoms with Gasteiger partial charge in [0, 0.05) is 12.6 Å². The van der Waals surface area contributed by atoms with E-state index in [4.69, 9.17) is 0 Å². The molecule has 2 nitrogen and oxygen atoms in total. The highest BCUT2D eigenvalue weighted by Crippen LogP contribution is 2.23. The Hall–Kier alpha value is -0.0800. The molecule has 0 radical (unpaired) electrons. The molecule has 76 valence electrons. The van der Waals surface area contributed by atoms with Gasteiger partial charge < -0.3 is 9.80 Å². The molecule has 0 aliphatic carbocycles. The topological polar surface area (TPSA) is 6.48 Å². The summed E-state index contributed by atoms with van der Waals surface area (Å²) in [4.78, 5) is 5.17. The Labute approximate surface area is 81.9 Å². The summed E-state index contributed by atoms with van der Waals surface area (Å²) in [6.45, 7) is 7.70. The molecule has 0 amide bonds. The van der Waals surface area contributed by atoms with Gasteiger partial charge in [0.25, 0.3) is 0 Å². The predicted molar refractivity (Wildman–Crippen MR) is 55.9 cm³/mol. The van der Waals surface area contributed by atoms with Crippen molar-refractivity contribution in [2.75, 3.05) is 33.2 Å². The van der Waals surface area contributed by atoms with Crippen molar-refractivity contribution in [3.05, 3.63) is 0 Å². The molecule has 0 spiro atoms. The average molecular weight is 182 g/mol. The zero-order valence-corrected chi connectivity index (χ0v) is 9.00. The van der Waals surface area contributed by atoms with E-state index in [0.29, 0.717) is 0 Å². The maximum absolute atomic E-state index is 2.72.